The summed E-state index contributed by atoms with van der Waals surface area (Å²) in [4.78, 5) is 34.6. The molecule has 0 radical (unpaired) electrons. The number of halogens is 1. The molecule has 1 fully saturated rings. The maximum atomic E-state index is 11.7. The third-order valence-electron chi connectivity index (χ3n) is 4.39. The van der Waals surface area contributed by atoms with Crippen LogP contribution in [0.4, 0.5) is 0 Å². The summed E-state index contributed by atoms with van der Waals surface area (Å²) in [5, 5.41) is 0.694. The van der Waals surface area contributed by atoms with Crippen LogP contribution in [0.15, 0.2) is 24.3 Å². The van der Waals surface area contributed by atoms with Gasteiger partial charge in [0, 0.05) is 32.0 Å². The number of ether oxygens (including phenoxy) is 5. The molecule has 0 saturated carbocycles. The fourth-order valence-corrected chi connectivity index (χ4v) is 3.37. The van der Waals surface area contributed by atoms with Crippen molar-refractivity contribution in [2.45, 2.75) is 57.6 Å². The normalized spacial score (nSPS) is 26.3. The third-order valence-corrected chi connectivity index (χ3v) is 5.04. The van der Waals surface area contributed by atoms with Gasteiger partial charge in [0.15, 0.2) is 0 Å². The van der Waals surface area contributed by atoms with E-state index in [-0.39, 0.29) is 6.61 Å². The first kappa shape index (κ1) is 23.2. The lowest BCUT2D eigenvalue weighted by Crippen LogP contribution is -2.59. The molecule has 1 aromatic rings. The van der Waals surface area contributed by atoms with Gasteiger partial charge in [0.25, 0.3) is 0 Å². The maximum absolute atomic E-state index is 11.7. The summed E-state index contributed by atoms with van der Waals surface area (Å²) in [5.41, 5.74) is 1.05. The molecular formula is C20H25BrO8. The number of carbonyl (C=O) groups excluding carboxylic acids is 3. The standard InChI is InChI=1S/C20H25BrO8/c1-11-17(10-25-12(2)22)29-20(28-16-7-5-15(9-21)6-8-16)19(27-14(4)24)18(11)26-13(3)23/h5-8,11,17-20H,9-10H2,1-4H3/t11-,17+,18-,19?,20+/m0/s1. The molecule has 1 aromatic carbocycles. The monoisotopic (exact) mass is 472 g/mol. The van der Waals surface area contributed by atoms with Crippen LogP contribution in [-0.4, -0.2) is 49.1 Å². The second-order valence-electron chi connectivity index (χ2n) is 6.75. The molecule has 1 aliphatic heterocycles. The van der Waals surface area contributed by atoms with Gasteiger partial charge in [-0.05, 0) is 17.7 Å². The fourth-order valence-electron chi connectivity index (χ4n) is 3.00. The van der Waals surface area contributed by atoms with Gasteiger partial charge in [-0.15, -0.1) is 0 Å². The van der Waals surface area contributed by atoms with Gasteiger partial charge in [-0.1, -0.05) is 35.0 Å². The second kappa shape index (κ2) is 10.6. The molecule has 9 heteroatoms. The predicted molar refractivity (Wildman–Crippen MR) is 105 cm³/mol. The zero-order valence-electron chi connectivity index (χ0n) is 16.8. The van der Waals surface area contributed by atoms with Gasteiger partial charge in [0.05, 0.1) is 0 Å². The van der Waals surface area contributed by atoms with Crippen molar-refractivity contribution in [2.24, 2.45) is 5.92 Å². The molecule has 160 valence electrons. The van der Waals surface area contributed by atoms with E-state index in [1.54, 1.807) is 19.1 Å². The summed E-state index contributed by atoms with van der Waals surface area (Å²) in [6.07, 6.45) is -3.51. The summed E-state index contributed by atoms with van der Waals surface area (Å²) in [5.74, 6) is -1.50. The highest BCUT2D eigenvalue weighted by Gasteiger charge is 2.49. The summed E-state index contributed by atoms with van der Waals surface area (Å²) in [6, 6.07) is 7.25. The van der Waals surface area contributed by atoms with Crippen LogP contribution in [0.2, 0.25) is 0 Å². The van der Waals surface area contributed by atoms with Crippen LogP contribution in [0.3, 0.4) is 0 Å². The van der Waals surface area contributed by atoms with Crippen molar-refractivity contribution in [3.63, 3.8) is 0 Å². The number of hydrogen-bond acceptors (Lipinski definition) is 8. The highest BCUT2D eigenvalue weighted by atomic mass is 79.9. The van der Waals surface area contributed by atoms with E-state index < -0.39 is 48.4 Å². The molecule has 5 atom stereocenters. The highest BCUT2D eigenvalue weighted by Crippen LogP contribution is 2.32. The molecule has 0 aromatic heterocycles. The summed E-state index contributed by atoms with van der Waals surface area (Å²) < 4.78 is 27.8. The van der Waals surface area contributed by atoms with Crippen molar-refractivity contribution < 1.29 is 38.1 Å². The molecule has 0 spiro atoms. The lowest BCUT2D eigenvalue weighted by Gasteiger charge is -2.43. The average Bonchev–Trinajstić information content (AvgIpc) is 2.65. The van der Waals surface area contributed by atoms with E-state index in [4.69, 9.17) is 23.7 Å². The Morgan fingerprint density at radius 2 is 1.55 bits per heavy atom. The molecule has 29 heavy (non-hydrogen) atoms. The minimum Gasteiger partial charge on any atom is -0.463 e. The Morgan fingerprint density at radius 1 is 0.966 bits per heavy atom. The molecule has 1 unspecified atom stereocenters. The van der Waals surface area contributed by atoms with Gasteiger partial charge in [0.2, 0.25) is 12.4 Å². The summed E-state index contributed by atoms with van der Waals surface area (Å²) in [7, 11) is 0. The van der Waals surface area contributed by atoms with E-state index in [1.807, 2.05) is 12.1 Å². The van der Waals surface area contributed by atoms with Crippen molar-refractivity contribution >= 4 is 33.8 Å². The van der Waals surface area contributed by atoms with Crippen molar-refractivity contribution in [3.8, 4) is 5.75 Å². The molecule has 8 nitrogen and oxygen atoms in total. The van der Waals surface area contributed by atoms with Crippen molar-refractivity contribution in [1.29, 1.82) is 0 Å². The SMILES string of the molecule is CC(=O)OC[C@H]1O[C@@H](Oc2ccc(CBr)cc2)C(OC(C)=O)[C@@H](OC(C)=O)[C@H]1C. The zero-order chi connectivity index (χ0) is 21.6. The van der Waals surface area contributed by atoms with E-state index in [0.29, 0.717) is 11.1 Å². The van der Waals surface area contributed by atoms with Crippen molar-refractivity contribution in [3.05, 3.63) is 29.8 Å². The first-order chi connectivity index (χ1) is 13.7. The van der Waals surface area contributed by atoms with Crippen LogP contribution in [0.25, 0.3) is 0 Å². The number of benzene rings is 1. The number of hydrogen-bond donors (Lipinski definition) is 0. The second-order valence-corrected chi connectivity index (χ2v) is 7.31. The topological polar surface area (TPSA) is 97.4 Å². The number of rotatable bonds is 7. The molecule has 0 aliphatic carbocycles. The Kier molecular flexibility index (Phi) is 8.45. The maximum Gasteiger partial charge on any atom is 0.303 e. The molecule has 0 bridgehead atoms. The van der Waals surface area contributed by atoms with E-state index in [2.05, 4.69) is 15.9 Å². The van der Waals surface area contributed by atoms with Gasteiger partial charge in [-0.2, -0.15) is 0 Å². The summed E-state index contributed by atoms with van der Waals surface area (Å²) >= 11 is 3.38. The molecule has 0 N–H and O–H groups in total. The number of carbonyl (C=O) groups is 3. The number of alkyl halides is 1. The number of esters is 3. The molecule has 1 aliphatic rings. The van der Waals surface area contributed by atoms with Gasteiger partial charge in [0.1, 0.15) is 24.6 Å². The van der Waals surface area contributed by atoms with E-state index in [0.717, 1.165) is 5.56 Å². The third kappa shape index (κ3) is 6.71. The molecule has 0 amide bonds. The summed E-state index contributed by atoms with van der Waals surface area (Å²) in [6.45, 7) is 5.52. The Bertz CT molecular complexity index is 720. The Labute approximate surface area is 177 Å². The lowest BCUT2D eigenvalue weighted by molar-refractivity contribution is -0.271. The van der Waals surface area contributed by atoms with Gasteiger partial charge >= 0.3 is 17.9 Å². The van der Waals surface area contributed by atoms with Crippen molar-refractivity contribution in [2.75, 3.05) is 6.61 Å². The first-order valence-corrected chi connectivity index (χ1v) is 10.3. The van der Waals surface area contributed by atoms with E-state index in [1.165, 1.54) is 20.8 Å². The van der Waals surface area contributed by atoms with Crippen LogP contribution < -0.4 is 4.74 Å². The van der Waals surface area contributed by atoms with Gasteiger partial charge < -0.3 is 23.7 Å². The smallest absolute Gasteiger partial charge is 0.303 e. The largest absolute Gasteiger partial charge is 0.463 e. The molecule has 2 rings (SSSR count). The Morgan fingerprint density at radius 3 is 2.07 bits per heavy atom. The fraction of sp³-hybridized carbons (Fsp3) is 0.550. The highest BCUT2D eigenvalue weighted by molar-refractivity contribution is 9.08. The van der Waals surface area contributed by atoms with Crippen molar-refractivity contribution in [1.82, 2.24) is 0 Å². The van der Waals surface area contributed by atoms with E-state index in [9.17, 15) is 14.4 Å². The van der Waals surface area contributed by atoms with Gasteiger partial charge in [-0.3, -0.25) is 14.4 Å². The minimum atomic E-state index is -1.06. The average molecular weight is 473 g/mol. The van der Waals surface area contributed by atoms with Crippen LogP contribution in [-0.2, 0) is 38.7 Å². The minimum absolute atomic E-state index is 0.0521. The first-order valence-electron chi connectivity index (χ1n) is 9.16. The quantitative estimate of drug-likeness (QED) is 0.339. The molecule has 1 saturated heterocycles. The predicted octanol–water partition coefficient (Wildman–Crippen LogP) is 2.75. The molecular weight excluding hydrogens is 448 g/mol. The van der Waals surface area contributed by atoms with Gasteiger partial charge in [-0.25, -0.2) is 0 Å². The van der Waals surface area contributed by atoms with Crippen LogP contribution in [0, 0.1) is 5.92 Å². The van der Waals surface area contributed by atoms with E-state index >= 15 is 0 Å². The van der Waals surface area contributed by atoms with Crippen LogP contribution in [0.1, 0.15) is 33.3 Å². The Hall–Kier alpha value is -2.13. The van der Waals surface area contributed by atoms with Crippen LogP contribution in [0.5, 0.6) is 5.75 Å². The molecule has 1 heterocycles. The lowest BCUT2D eigenvalue weighted by atomic mass is 9.90. The van der Waals surface area contributed by atoms with Crippen LogP contribution >= 0.6 is 15.9 Å². The zero-order valence-corrected chi connectivity index (χ0v) is 18.3. The Balaban J connectivity index is 2.30.